The Morgan fingerprint density at radius 3 is 2.59 bits per heavy atom. The first kappa shape index (κ1) is 21.1. The Hall–Kier alpha value is -2.63. The monoisotopic (exact) mass is 408 g/mol. The normalized spacial score (nSPS) is 12.0. The fourth-order valence-corrected chi connectivity index (χ4v) is 3.76. The average Bonchev–Trinajstić information content (AvgIpc) is 3.20. The molecular formula is C24H28N2O2S. The third-order valence-electron chi connectivity index (χ3n) is 4.58. The minimum absolute atomic E-state index is 0.0794. The molecule has 5 heteroatoms. The molecule has 0 saturated carbocycles. The number of thiophene rings is 1. The predicted molar refractivity (Wildman–Crippen MR) is 120 cm³/mol. The van der Waals surface area contributed by atoms with Crippen molar-refractivity contribution in [1.82, 2.24) is 10.2 Å². The van der Waals surface area contributed by atoms with Gasteiger partial charge in [0.15, 0.2) is 0 Å². The van der Waals surface area contributed by atoms with E-state index in [0.29, 0.717) is 12.1 Å². The largest absolute Gasteiger partial charge is 0.489 e. The van der Waals surface area contributed by atoms with Gasteiger partial charge < -0.3 is 10.1 Å². The molecule has 1 aromatic heterocycles. The lowest BCUT2D eigenvalue weighted by Gasteiger charge is -2.18. The van der Waals surface area contributed by atoms with Gasteiger partial charge in [-0.15, -0.1) is 0 Å². The van der Waals surface area contributed by atoms with E-state index >= 15 is 0 Å². The number of rotatable bonds is 9. The first-order chi connectivity index (χ1) is 14.0. The summed E-state index contributed by atoms with van der Waals surface area (Å²) in [6.07, 6.45) is -0.122. The van der Waals surface area contributed by atoms with E-state index in [4.69, 9.17) is 4.74 Å². The van der Waals surface area contributed by atoms with Crippen molar-refractivity contribution in [3.8, 4) is 5.75 Å². The number of hydrogen-bond donors (Lipinski definition) is 1. The van der Waals surface area contributed by atoms with Crippen molar-refractivity contribution in [2.75, 3.05) is 13.6 Å². The molecule has 0 aliphatic rings. The van der Waals surface area contributed by atoms with Gasteiger partial charge in [-0.25, -0.2) is 0 Å². The van der Waals surface area contributed by atoms with E-state index < -0.39 is 0 Å². The van der Waals surface area contributed by atoms with Crippen LogP contribution in [0.2, 0.25) is 0 Å². The fourth-order valence-electron chi connectivity index (χ4n) is 3.10. The van der Waals surface area contributed by atoms with E-state index in [1.807, 2.05) is 50.2 Å². The van der Waals surface area contributed by atoms with Crippen LogP contribution in [0.1, 0.15) is 34.0 Å². The van der Waals surface area contributed by atoms with Gasteiger partial charge >= 0.3 is 0 Å². The first-order valence-corrected chi connectivity index (χ1v) is 10.7. The van der Waals surface area contributed by atoms with E-state index in [1.54, 1.807) is 11.3 Å². The van der Waals surface area contributed by atoms with Gasteiger partial charge in [0.2, 0.25) is 0 Å². The number of nitrogens with zero attached hydrogens (tertiary/aromatic N) is 1. The summed E-state index contributed by atoms with van der Waals surface area (Å²) >= 11 is 1.73. The molecule has 2 aromatic carbocycles. The lowest BCUT2D eigenvalue weighted by atomic mass is 10.1. The summed E-state index contributed by atoms with van der Waals surface area (Å²) in [7, 11) is 2.12. The second-order valence-corrected chi connectivity index (χ2v) is 8.24. The van der Waals surface area contributed by atoms with Gasteiger partial charge in [0.25, 0.3) is 5.91 Å². The van der Waals surface area contributed by atoms with E-state index in [0.717, 1.165) is 24.4 Å². The molecule has 0 radical (unpaired) electrons. The lowest BCUT2D eigenvalue weighted by Crippen LogP contribution is -2.33. The maximum atomic E-state index is 12.2. The zero-order valence-electron chi connectivity index (χ0n) is 17.2. The maximum Gasteiger partial charge on any atom is 0.251 e. The second-order valence-electron chi connectivity index (χ2n) is 7.46. The average molecular weight is 409 g/mol. The van der Waals surface area contributed by atoms with Crippen LogP contribution in [0.5, 0.6) is 5.75 Å². The Morgan fingerprint density at radius 1 is 1.10 bits per heavy atom. The minimum atomic E-state index is -0.122. The topological polar surface area (TPSA) is 41.6 Å². The Morgan fingerprint density at radius 2 is 1.86 bits per heavy atom. The van der Waals surface area contributed by atoms with Gasteiger partial charge in [0, 0.05) is 18.7 Å². The number of carbonyl (C=O) groups is 1. The highest BCUT2D eigenvalue weighted by atomic mass is 32.1. The quantitative estimate of drug-likeness (QED) is 0.548. The minimum Gasteiger partial charge on any atom is -0.489 e. The molecule has 4 nitrogen and oxygen atoms in total. The molecule has 0 unspecified atom stereocenters. The molecule has 0 bridgehead atoms. The van der Waals surface area contributed by atoms with Crippen molar-refractivity contribution in [3.05, 3.63) is 87.6 Å². The number of amides is 1. The van der Waals surface area contributed by atoms with Crippen LogP contribution >= 0.6 is 11.3 Å². The highest BCUT2D eigenvalue weighted by Gasteiger charge is 2.10. The Balaban J connectivity index is 1.48. The van der Waals surface area contributed by atoms with Crippen molar-refractivity contribution in [2.24, 2.45) is 0 Å². The molecule has 3 aromatic rings. The number of benzene rings is 2. The molecule has 0 spiro atoms. The zero-order valence-corrected chi connectivity index (χ0v) is 18.0. The van der Waals surface area contributed by atoms with Crippen LogP contribution in [-0.2, 0) is 13.1 Å². The van der Waals surface area contributed by atoms with Crippen molar-refractivity contribution in [2.45, 2.75) is 33.0 Å². The molecule has 1 atom stereocenters. The molecular weight excluding hydrogens is 380 g/mol. The first-order valence-electron chi connectivity index (χ1n) is 9.79. The van der Waals surface area contributed by atoms with Crippen LogP contribution in [0.3, 0.4) is 0 Å². The highest BCUT2D eigenvalue weighted by Crippen LogP contribution is 2.17. The van der Waals surface area contributed by atoms with Crippen LogP contribution in [-0.4, -0.2) is 30.5 Å². The van der Waals surface area contributed by atoms with E-state index in [1.165, 1.54) is 11.1 Å². The number of carbonyl (C=O) groups excluding carboxylic acids is 1. The fraction of sp³-hybridized carbons (Fsp3) is 0.292. The summed E-state index contributed by atoms with van der Waals surface area (Å²) in [6.45, 7) is 6.20. The summed E-state index contributed by atoms with van der Waals surface area (Å²) in [5, 5.41) is 7.23. The molecule has 3 rings (SSSR count). The van der Waals surface area contributed by atoms with Gasteiger partial charge in [0.1, 0.15) is 11.9 Å². The molecule has 0 aliphatic heterocycles. The van der Waals surface area contributed by atoms with Gasteiger partial charge in [-0.05, 0) is 73.1 Å². The Bertz CT molecular complexity index is 907. The van der Waals surface area contributed by atoms with Crippen molar-refractivity contribution >= 4 is 17.2 Å². The van der Waals surface area contributed by atoms with E-state index in [2.05, 4.69) is 46.2 Å². The van der Waals surface area contributed by atoms with Crippen LogP contribution in [0, 0.1) is 6.92 Å². The molecule has 1 heterocycles. The van der Waals surface area contributed by atoms with Crippen molar-refractivity contribution < 1.29 is 9.53 Å². The Labute approximate surface area is 177 Å². The van der Waals surface area contributed by atoms with Crippen LogP contribution < -0.4 is 10.1 Å². The molecule has 0 saturated heterocycles. The smallest absolute Gasteiger partial charge is 0.251 e. The second kappa shape index (κ2) is 10.2. The molecule has 0 fully saturated rings. The van der Waals surface area contributed by atoms with Crippen LogP contribution in [0.25, 0.3) is 0 Å². The predicted octanol–water partition coefficient (Wildman–Crippen LogP) is 4.89. The van der Waals surface area contributed by atoms with Crippen molar-refractivity contribution in [1.29, 1.82) is 0 Å². The summed E-state index contributed by atoms with van der Waals surface area (Å²) in [4.78, 5) is 14.5. The van der Waals surface area contributed by atoms with Crippen LogP contribution in [0.15, 0.2) is 65.4 Å². The third-order valence-corrected chi connectivity index (χ3v) is 5.32. The number of nitrogens with one attached hydrogen (secondary N) is 1. The molecule has 1 amide bonds. The summed E-state index contributed by atoms with van der Waals surface area (Å²) < 4.78 is 6.02. The highest BCUT2D eigenvalue weighted by molar-refractivity contribution is 7.07. The molecule has 152 valence electrons. The van der Waals surface area contributed by atoms with Gasteiger partial charge in [-0.1, -0.05) is 29.8 Å². The SMILES string of the molecule is Cc1ccc(C(=O)NC[C@H](C)Oc2cccc(CN(C)Cc3ccsc3)c2)cc1. The lowest BCUT2D eigenvalue weighted by molar-refractivity contribution is 0.0932. The summed E-state index contributed by atoms with van der Waals surface area (Å²) in [5.41, 5.74) is 4.34. The van der Waals surface area contributed by atoms with Gasteiger partial charge in [-0.3, -0.25) is 9.69 Å². The van der Waals surface area contributed by atoms with Gasteiger partial charge in [0.05, 0.1) is 6.54 Å². The third kappa shape index (κ3) is 6.73. The van der Waals surface area contributed by atoms with Crippen LogP contribution in [0.4, 0.5) is 0 Å². The van der Waals surface area contributed by atoms with E-state index in [-0.39, 0.29) is 12.0 Å². The molecule has 0 aliphatic carbocycles. The number of hydrogen-bond acceptors (Lipinski definition) is 4. The van der Waals surface area contributed by atoms with Gasteiger partial charge in [-0.2, -0.15) is 11.3 Å². The molecule has 1 N–H and O–H groups in total. The number of ether oxygens (including phenoxy) is 1. The maximum absolute atomic E-state index is 12.2. The number of aryl methyl sites for hydroxylation is 1. The zero-order chi connectivity index (χ0) is 20.6. The van der Waals surface area contributed by atoms with E-state index in [9.17, 15) is 4.79 Å². The standard InChI is InChI=1S/C24H28N2O2S/c1-18-7-9-22(10-8-18)24(27)25-14-19(2)28-23-6-4-5-20(13-23)15-26(3)16-21-11-12-29-17-21/h4-13,17,19H,14-16H2,1-3H3,(H,25,27)/t19-/m0/s1. The molecule has 29 heavy (non-hydrogen) atoms. The summed E-state index contributed by atoms with van der Waals surface area (Å²) in [6, 6.07) is 17.9. The Kier molecular flexibility index (Phi) is 7.44. The van der Waals surface area contributed by atoms with Crippen molar-refractivity contribution in [3.63, 3.8) is 0 Å². The summed E-state index contributed by atoms with van der Waals surface area (Å²) in [5.74, 6) is 0.743.